The van der Waals surface area contributed by atoms with E-state index in [1.54, 1.807) is 32.9 Å². The molecule has 0 fully saturated rings. The van der Waals surface area contributed by atoms with Crippen LogP contribution in [-0.2, 0) is 26.1 Å². The van der Waals surface area contributed by atoms with E-state index < -0.39 is 33.6 Å². The van der Waals surface area contributed by atoms with Crippen molar-refractivity contribution in [2.45, 2.75) is 44.8 Å². The minimum atomic E-state index is -3.62. The van der Waals surface area contributed by atoms with Gasteiger partial charge in [-0.2, -0.15) is 8.42 Å². The molecule has 2 rings (SSSR count). The fourth-order valence-corrected chi connectivity index (χ4v) is 3.29. The first-order chi connectivity index (χ1) is 12.9. The first-order valence-electron chi connectivity index (χ1n) is 8.96. The van der Waals surface area contributed by atoms with E-state index in [0.29, 0.717) is 12.0 Å². The van der Waals surface area contributed by atoms with E-state index >= 15 is 0 Å². The molecule has 0 saturated heterocycles. The van der Waals surface area contributed by atoms with Crippen LogP contribution in [-0.4, -0.2) is 32.3 Å². The topological polar surface area (TPSA) is 95.7 Å². The largest absolute Gasteiger partial charge is 0.459 e. The van der Waals surface area contributed by atoms with Gasteiger partial charge in [-0.15, -0.1) is 0 Å². The van der Waals surface area contributed by atoms with Crippen molar-refractivity contribution < 1.29 is 22.1 Å². The summed E-state index contributed by atoms with van der Waals surface area (Å²) in [6.07, 6.45) is 1.46. The molecule has 0 aliphatic rings. The number of hydrogen-bond acceptors (Lipinski definition) is 6. The average Bonchev–Trinajstić information content (AvgIpc) is 2.54. The van der Waals surface area contributed by atoms with Crippen molar-refractivity contribution in [2.75, 3.05) is 6.26 Å². The number of nitrogens with two attached hydrogens (primary N) is 1. The lowest BCUT2D eigenvalue weighted by molar-refractivity contribution is -0.157. The van der Waals surface area contributed by atoms with E-state index in [1.807, 2.05) is 30.3 Å². The van der Waals surface area contributed by atoms with E-state index in [4.69, 9.17) is 14.7 Å². The summed E-state index contributed by atoms with van der Waals surface area (Å²) in [7, 11) is -3.62. The Morgan fingerprint density at radius 2 is 1.61 bits per heavy atom. The highest BCUT2D eigenvalue weighted by Crippen LogP contribution is 2.27. The van der Waals surface area contributed by atoms with Crippen molar-refractivity contribution in [3.63, 3.8) is 0 Å². The average molecular weight is 406 g/mol. The summed E-state index contributed by atoms with van der Waals surface area (Å²) in [6, 6.07) is 15.4. The number of ether oxygens (including phenoxy) is 1. The second-order valence-corrected chi connectivity index (χ2v) is 9.30. The smallest absolute Gasteiger partial charge is 0.315 e. The molecule has 0 aliphatic heterocycles. The zero-order valence-corrected chi connectivity index (χ0v) is 17.4. The van der Waals surface area contributed by atoms with Gasteiger partial charge in [0.1, 0.15) is 11.4 Å². The van der Waals surface area contributed by atoms with Crippen molar-refractivity contribution in [2.24, 2.45) is 5.73 Å². The fourth-order valence-electron chi connectivity index (χ4n) is 2.83. The first-order valence-corrected chi connectivity index (χ1v) is 10.8. The Morgan fingerprint density at radius 3 is 2.11 bits per heavy atom. The van der Waals surface area contributed by atoms with E-state index in [9.17, 15) is 13.2 Å². The van der Waals surface area contributed by atoms with Gasteiger partial charge in [0.2, 0.25) is 0 Å². The van der Waals surface area contributed by atoms with Crippen molar-refractivity contribution in [1.29, 1.82) is 0 Å². The maximum Gasteiger partial charge on any atom is 0.315 e. The van der Waals surface area contributed by atoms with Gasteiger partial charge >= 0.3 is 16.1 Å². The number of esters is 1. The maximum atomic E-state index is 12.9. The van der Waals surface area contributed by atoms with Crippen LogP contribution in [0.3, 0.4) is 0 Å². The molecule has 0 heterocycles. The van der Waals surface area contributed by atoms with Crippen LogP contribution < -0.4 is 9.92 Å². The van der Waals surface area contributed by atoms with Gasteiger partial charge in [0, 0.05) is 6.04 Å². The van der Waals surface area contributed by atoms with Crippen molar-refractivity contribution >= 4 is 16.1 Å². The third kappa shape index (κ3) is 6.98. The molecular weight excluding hydrogens is 378 g/mol. The van der Waals surface area contributed by atoms with Gasteiger partial charge in [-0.3, -0.25) is 4.79 Å². The van der Waals surface area contributed by atoms with Crippen LogP contribution in [0, 0.1) is 0 Å². The molecule has 0 aromatic heterocycles. The Labute approximate surface area is 166 Å². The normalized spacial score (nSPS) is 14.2. The summed E-state index contributed by atoms with van der Waals surface area (Å²) >= 11 is 0. The van der Waals surface area contributed by atoms with Gasteiger partial charge in [-0.1, -0.05) is 42.5 Å². The standard InChI is InChI=1S/C21H27NO5S/c1-21(2,3)26-20(23)19(18(22)14-15-8-6-5-7-9-15)16-10-12-17(13-11-16)27-28(4,24)25/h5-13,18-19H,14,22H2,1-4H3. The summed E-state index contributed by atoms with van der Waals surface area (Å²) in [5, 5.41) is 0. The van der Waals surface area contributed by atoms with Crippen LogP contribution >= 0.6 is 0 Å². The third-order valence-electron chi connectivity index (χ3n) is 3.89. The van der Waals surface area contributed by atoms with Crippen LogP contribution in [0.5, 0.6) is 5.75 Å². The van der Waals surface area contributed by atoms with Gasteiger partial charge in [0.05, 0.1) is 12.2 Å². The van der Waals surface area contributed by atoms with Crippen LogP contribution in [0.4, 0.5) is 0 Å². The molecule has 2 aromatic carbocycles. The number of carbonyl (C=O) groups excluding carboxylic acids is 1. The summed E-state index contributed by atoms with van der Waals surface area (Å²) in [5.41, 5.74) is 7.41. The summed E-state index contributed by atoms with van der Waals surface area (Å²) < 4.78 is 33.0. The highest BCUT2D eigenvalue weighted by Gasteiger charge is 2.32. The first kappa shape index (κ1) is 21.9. The van der Waals surface area contributed by atoms with Crippen molar-refractivity contribution in [3.8, 4) is 5.75 Å². The molecule has 28 heavy (non-hydrogen) atoms. The lowest BCUT2D eigenvalue weighted by atomic mass is 9.88. The molecule has 0 saturated carbocycles. The lowest BCUT2D eigenvalue weighted by Crippen LogP contribution is -2.39. The van der Waals surface area contributed by atoms with E-state index in [0.717, 1.165) is 11.8 Å². The van der Waals surface area contributed by atoms with E-state index in [1.165, 1.54) is 12.1 Å². The minimum Gasteiger partial charge on any atom is -0.459 e. The molecule has 2 aromatic rings. The molecule has 2 N–H and O–H groups in total. The summed E-state index contributed by atoms with van der Waals surface area (Å²) in [6.45, 7) is 5.40. The zero-order chi connectivity index (χ0) is 20.9. The maximum absolute atomic E-state index is 12.9. The lowest BCUT2D eigenvalue weighted by Gasteiger charge is -2.28. The monoisotopic (exact) mass is 405 g/mol. The Hall–Kier alpha value is -2.38. The van der Waals surface area contributed by atoms with Gasteiger partial charge in [-0.25, -0.2) is 0 Å². The third-order valence-corrected chi connectivity index (χ3v) is 4.39. The molecule has 2 atom stereocenters. The molecule has 0 aliphatic carbocycles. The number of benzene rings is 2. The van der Waals surface area contributed by atoms with Crippen LogP contribution in [0.2, 0.25) is 0 Å². The molecule has 0 bridgehead atoms. The Kier molecular flexibility index (Phi) is 6.85. The number of hydrogen-bond donors (Lipinski definition) is 1. The Balaban J connectivity index is 2.30. The summed E-state index contributed by atoms with van der Waals surface area (Å²) in [4.78, 5) is 12.9. The molecule has 0 amide bonds. The molecule has 7 heteroatoms. The highest BCUT2D eigenvalue weighted by atomic mass is 32.2. The predicted octanol–water partition coefficient (Wildman–Crippen LogP) is 3.02. The van der Waals surface area contributed by atoms with Crippen molar-refractivity contribution in [3.05, 3.63) is 65.7 Å². The minimum absolute atomic E-state index is 0.172. The molecule has 0 spiro atoms. The fraction of sp³-hybridized carbons (Fsp3) is 0.381. The van der Waals surface area contributed by atoms with Crippen LogP contribution in [0.15, 0.2) is 54.6 Å². The molecule has 2 unspecified atom stereocenters. The van der Waals surface area contributed by atoms with Crippen molar-refractivity contribution in [1.82, 2.24) is 0 Å². The number of rotatable bonds is 7. The molecular formula is C21H27NO5S. The SMILES string of the molecule is CC(C)(C)OC(=O)C(c1ccc(OS(C)(=O)=O)cc1)C(N)Cc1ccccc1. The highest BCUT2D eigenvalue weighted by molar-refractivity contribution is 7.86. The quantitative estimate of drug-likeness (QED) is 0.562. The van der Waals surface area contributed by atoms with Gasteiger partial charge in [-0.05, 0) is 50.5 Å². The van der Waals surface area contributed by atoms with Crippen LogP contribution in [0.25, 0.3) is 0 Å². The molecule has 152 valence electrons. The second kappa shape index (κ2) is 8.75. The predicted molar refractivity (Wildman–Crippen MR) is 109 cm³/mol. The van der Waals surface area contributed by atoms with E-state index in [2.05, 4.69) is 0 Å². The number of carbonyl (C=O) groups is 1. The Bertz CT molecular complexity index is 887. The zero-order valence-electron chi connectivity index (χ0n) is 16.6. The van der Waals surface area contributed by atoms with Gasteiger partial charge < -0.3 is 14.7 Å². The van der Waals surface area contributed by atoms with E-state index in [-0.39, 0.29) is 5.75 Å². The van der Waals surface area contributed by atoms with Gasteiger partial charge in [0.15, 0.2) is 0 Å². The molecule has 6 nitrogen and oxygen atoms in total. The van der Waals surface area contributed by atoms with Gasteiger partial charge in [0.25, 0.3) is 0 Å². The molecule has 0 radical (unpaired) electrons. The van der Waals surface area contributed by atoms with Crippen LogP contribution in [0.1, 0.15) is 37.8 Å². The summed E-state index contributed by atoms with van der Waals surface area (Å²) in [5.74, 6) is -0.953. The second-order valence-electron chi connectivity index (χ2n) is 7.72. The Morgan fingerprint density at radius 1 is 1.04 bits per heavy atom.